The van der Waals surface area contributed by atoms with Gasteiger partial charge in [-0.25, -0.2) is 0 Å². The lowest BCUT2D eigenvalue weighted by Crippen LogP contribution is -2.14. The second-order valence-corrected chi connectivity index (χ2v) is 4.38. The van der Waals surface area contributed by atoms with Crippen molar-refractivity contribution in [3.05, 3.63) is 0 Å². The molecular weight excluding hydrogens is 176 g/mol. The third kappa shape index (κ3) is 8.09. The quantitative estimate of drug-likeness (QED) is 0.587. The monoisotopic (exact) mass is 200 g/mol. The molecule has 0 spiro atoms. The van der Waals surface area contributed by atoms with E-state index in [1.165, 1.54) is 6.42 Å². The molecule has 0 aliphatic heterocycles. The van der Waals surface area contributed by atoms with Gasteiger partial charge in [-0.3, -0.25) is 4.79 Å². The SMILES string of the molecule is CCCC(=O)OC(C)CCCC(C)C. The fourth-order valence-electron chi connectivity index (χ4n) is 1.36. The molecule has 84 valence electrons. The Morgan fingerprint density at radius 3 is 2.36 bits per heavy atom. The van der Waals surface area contributed by atoms with Gasteiger partial charge in [0.25, 0.3) is 0 Å². The lowest BCUT2D eigenvalue weighted by molar-refractivity contribution is -0.148. The summed E-state index contributed by atoms with van der Waals surface area (Å²) in [5, 5.41) is 0. The maximum absolute atomic E-state index is 11.1. The van der Waals surface area contributed by atoms with E-state index in [-0.39, 0.29) is 12.1 Å². The van der Waals surface area contributed by atoms with Gasteiger partial charge in [-0.05, 0) is 32.1 Å². The maximum Gasteiger partial charge on any atom is 0.306 e. The number of hydrogen-bond donors (Lipinski definition) is 0. The Hall–Kier alpha value is -0.530. The lowest BCUT2D eigenvalue weighted by atomic mass is 10.0. The third-order valence-corrected chi connectivity index (χ3v) is 2.18. The largest absolute Gasteiger partial charge is 0.463 e. The minimum Gasteiger partial charge on any atom is -0.463 e. The van der Waals surface area contributed by atoms with Gasteiger partial charge in [-0.1, -0.05) is 27.2 Å². The summed E-state index contributed by atoms with van der Waals surface area (Å²) in [4.78, 5) is 11.1. The van der Waals surface area contributed by atoms with Crippen LogP contribution in [0, 0.1) is 5.92 Å². The number of carbonyl (C=O) groups excluding carboxylic acids is 1. The third-order valence-electron chi connectivity index (χ3n) is 2.18. The fraction of sp³-hybridized carbons (Fsp3) is 0.917. The second-order valence-electron chi connectivity index (χ2n) is 4.38. The molecule has 0 aromatic carbocycles. The van der Waals surface area contributed by atoms with Gasteiger partial charge in [0.05, 0.1) is 6.10 Å². The van der Waals surface area contributed by atoms with Crippen LogP contribution in [0.5, 0.6) is 0 Å². The molecule has 0 aliphatic carbocycles. The molecule has 0 rings (SSSR count). The summed E-state index contributed by atoms with van der Waals surface area (Å²) in [5.41, 5.74) is 0. The molecule has 1 unspecified atom stereocenters. The molecule has 2 nitrogen and oxygen atoms in total. The van der Waals surface area contributed by atoms with Crippen LogP contribution >= 0.6 is 0 Å². The van der Waals surface area contributed by atoms with Crippen molar-refractivity contribution >= 4 is 5.97 Å². The van der Waals surface area contributed by atoms with Gasteiger partial charge >= 0.3 is 5.97 Å². The lowest BCUT2D eigenvalue weighted by Gasteiger charge is -2.13. The molecule has 14 heavy (non-hydrogen) atoms. The Morgan fingerprint density at radius 2 is 1.86 bits per heavy atom. The molecule has 0 amide bonds. The zero-order chi connectivity index (χ0) is 11.0. The summed E-state index contributed by atoms with van der Waals surface area (Å²) >= 11 is 0. The summed E-state index contributed by atoms with van der Waals surface area (Å²) in [6.07, 6.45) is 4.88. The van der Waals surface area contributed by atoms with Crippen molar-refractivity contribution in [2.75, 3.05) is 0 Å². The maximum atomic E-state index is 11.1. The fourth-order valence-corrected chi connectivity index (χ4v) is 1.36. The second kappa shape index (κ2) is 7.84. The Balaban J connectivity index is 3.44. The highest BCUT2D eigenvalue weighted by atomic mass is 16.5. The summed E-state index contributed by atoms with van der Waals surface area (Å²) in [6, 6.07) is 0. The van der Waals surface area contributed by atoms with Crippen LogP contribution in [0.4, 0.5) is 0 Å². The molecule has 0 bridgehead atoms. The van der Waals surface area contributed by atoms with Crippen molar-refractivity contribution in [1.29, 1.82) is 0 Å². The van der Waals surface area contributed by atoms with E-state index in [1.54, 1.807) is 0 Å². The molecule has 0 saturated heterocycles. The van der Waals surface area contributed by atoms with E-state index >= 15 is 0 Å². The van der Waals surface area contributed by atoms with Gasteiger partial charge in [0.1, 0.15) is 0 Å². The topological polar surface area (TPSA) is 26.3 Å². The van der Waals surface area contributed by atoms with Gasteiger partial charge in [0, 0.05) is 6.42 Å². The highest BCUT2D eigenvalue weighted by molar-refractivity contribution is 5.69. The van der Waals surface area contributed by atoms with Crippen LogP contribution in [-0.4, -0.2) is 12.1 Å². The Bertz CT molecular complexity index is 152. The van der Waals surface area contributed by atoms with Crippen LogP contribution in [0.2, 0.25) is 0 Å². The van der Waals surface area contributed by atoms with Crippen LogP contribution < -0.4 is 0 Å². The Morgan fingerprint density at radius 1 is 1.21 bits per heavy atom. The number of hydrogen-bond acceptors (Lipinski definition) is 2. The van der Waals surface area contributed by atoms with E-state index in [9.17, 15) is 4.79 Å². The molecule has 0 aromatic heterocycles. The molecule has 1 atom stereocenters. The highest BCUT2D eigenvalue weighted by Crippen LogP contribution is 2.10. The van der Waals surface area contributed by atoms with Gasteiger partial charge < -0.3 is 4.74 Å². The number of esters is 1. The molecule has 0 saturated carbocycles. The molecule has 2 heteroatoms. The predicted molar refractivity (Wildman–Crippen MR) is 59.2 cm³/mol. The first-order valence-corrected chi connectivity index (χ1v) is 5.75. The first kappa shape index (κ1) is 13.5. The molecule has 0 radical (unpaired) electrons. The average Bonchev–Trinajstić information content (AvgIpc) is 2.03. The normalized spacial score (nSPS) is 12.9. The summed E-state index contributed by atoms with van der Waals surface area (Å²) in [7, 11) is 0. The summed E-state index contributed by atoms with van der Waals surface area (Å²) < 4.78 is 5.23. The van der Waals surface area contributed by atoms with Crippen LogP contribution in [0.15, 0.2) is 0 Å². The molecular formula is C12H24O2. The first-order valence-electron chi connectivity index (χ1n) is 5.75. The summed E-state index contributed by atoms with van der Waals surface area (Å²) in [6.45, 7) is 8.40. The van der Waals surface area contributed by atoms with E-state index in [4.69, 9.17) is 4.74 Å². The van der Waals surface area contributed by atoms with Gasteiger partial charge in [-0.15, -0.1) is 0 Å². The highest BCUT2D eigenvalue weighted by Gasteiger charge is 2.08. The van der Waals surface area contributed by atoms with Crippen LogP contribution in [-0.2, 0) is 9.53 Å². The summed E-state index contributed by atoms with van der Waals surface area (Å²) in [5.74, 6) is 0.693. The van der Waals surface area contributed by atoms with Crippen molar-refractivity contribution in [2.45, 2.75) is 65.9 Å². The van der Waals surface area contributed by atoms with Gasteiger partial charge in [-0.2, -0.15) is 0 Å². The van der Waals surface area contributed by atoms with Crippen LogP contribution in [0.1, 0.15) is 59.8 Å². The van der Waals surface area contributed by atoms with E-state index in [2.05, 4.69) is 13.8 Å². The van der Waals surface area contributed by atoms with Crippen LogP contribution in [0.3, 0.4) is 0 Å². The van der Waals surface area contributed by atoms with E-state index in [1.807, 2.05) is 13.8 Å². The zero-order valence-corrected chi connectivity index (χ0v) is 10.0. The Labute approximate surface area is 88.0 Å². The van der Waals surface area contributed by atoms with Crippen molar-refractivity contribution in [3.8, 4) is 0 Å². The van der Waals surface area contributed by atoms with Crippen molar-refractivity contribution in [1.82, 2.24) is 0 Å². The smallest absolute Gasteiger partial charge is 0.306 e. The van der Waals surface area contributed by atoms with Crippen molar-refractivity contribution in [3.63, 3.8) is 0 Å². The molecule has 0 aliphatic rings. The number of rotatable bonds is 7. The standard InChI is InChI=1S/C12H24O2/c1-5-7-12(13)14-11(4)9-6-8-10(2)3/h10-11H,5-9H2,1-4H3. The zero-order valence-electron chi connectivity index (χ0n) is 10.0. The number of ether oxygens (including phenoxy) is 1. The molecule has 0 fully saturated rings. The van der Waals surface area contributed by atoms with E-state index in [0.29, 0.717) is 6.42 Å². The van der Waals surface area contributed by atoms with Crippen molar-refractivity contribution < 1.29 is 9.53 Å². The minimum atomic E-state index is -0.0513. The molecule has 0 heterocycles. The minimum absolute atomic E-state index is 0.0513. The molecule has 0 N–H and O–H groups in total. The Kier molecular flexibility index (Phi) is 7.54. The number of carbonyl (C=O) groups is 1. The van der Waals surface area contributed by atoms with E-state index < -0.39 is 0 Å². The average molecular weight is 200 g/mol. The van der Waals surface area contributed by atoms with Gasteiger partial charge in [0.15, 0.2) is 0 Å². The van der Waals surface area contributed by atoms with E-state index in [0.717, 1.165) is 25.2 Å². The van der Waals surface area contributed by atoms with Crippen LogP contribution in [0.25, 0.3) is 0 Å². The van der Waals surface area contributed by atoms with Crippen molar-refractivity contribution in [2.24, 2.45) is 5.92 Å². The van der Waals surface area contributed by atoms with Gasteiger partial charge in [0.2, 0.25) is 0 Å². The predicted octanol–water partition coefficient (Wildman–Crippen LogP) is 3.54. The molecule has 0 aromatic rings. The first-order chi connectivity index (χ1) is 6.56.